The van der Waals surface area contributed by atoms with E-state index < -0.39 is 0 Å². The predicted molar refractivity (Wildman–Crippen MR) is 64.1 cm³/mol. The number of anilines is 1. The van der Waals surface area contributed by atoms with Crippen LogP contribution in [-0.4, -0.2) is 19.6 Å². The molecule has 16 heavy (non-hydrogen) atoms. The molecule has 3 heteroatoms. The van der Waals surface area contributed by atoms with Crippen LogP contribution < -0.4 is 5.32 Å². The van der Waals surface area contributed by atoms with E-state index in [1.54, 1.807) is 0 Å². The molecule has 0 radical (unpaired) electrons. The number of carbonyl (C=O) groups excluding carboxylic acids is 1. The van der Waals surface area contributed by atoms with E-state index in [-0.39, 0.29) is 5.97 Å². The minimum Gasteiger partial charge on any atom is -0.469 e. The Labute approximate surface area is 95.8 Å². The Morgan fingerprint density at radius 2 is 2.38 bits per heavy atom. The zero-order chi connectivity index (χ0) is 11.8. The van der Waals surface area contributed by atoms with Crippen LogP contribution in [-0.2, 0) is 9.53 Å². The van der Waals surface area contributed by atoms with Gasteiger partial charge in [-0.15, -0.1) is 6.42 Å². The molecule has 0 unspecified atom stereocenters. The first-order valence-electron chi connectivity index (χ1n) is 5.13. The second-order valence-electron chi connectivity index (χ2n) is 3.33. The Morgan fingerprint density at radius 1 is 1.56 bits per heavy atom. The molecule has 1 N–H and O–H groups in total. The summed E-state index contributed by atoms with van der Waals surface area (Å²) in [4.78, 5) is 10.8. The van der Waals surface area contributed by atoms with Crippen molar-refractivity contribution < 1.29 is 9.53 Å². The second-order valence-corrected chi connectivity index (χ2v) is 3.33. The number of rotatable bonds is 5. The number of carbonyl (C=O) groups is 1. The highest BCUT2D eigenvalue weighted by Crippen LogP contribution is 2.09. The molecule has 0 aliphatic carbocycles. The van der Waals surface area contributed by atoms with Gasteiger partial charge in [0.2, 0.25) is 0 Å². The maximum absolute atomic E-state index is 10.8. The van der Waals surface area contributed by atoms with Crippen molar-refractivity contribution in [2.24, 2.45) is 0 Å². The summed E-state index contributed by atoms with van der Waals surface area (Å²) >= 11 is 0. The van der Waals surface area contributed by atoms with Gasteiger partial charge in [0, 0.05) is 24.2 Å². The monoisotopic (exact) mass is 217 g/mol. The van der Waals surface area contributed by atoms with Crippen molar-refractivity contribution in [3.8, 4) is 12.3 Å². The van der Waals surface area contributed by atoms with Crippen LogP contribution in [0.4, 0.5) is 5.69 Å². The molecular weight excluding hydrogens is 202 g/mol. The van der Waals surface area contributed by atoms with Gasteiger partial charge in [0.1, 0.15) is 0 Å². The molecule has 0 aliphatic heterocycles. The largest absolute Gasteiger partial charge is 0.469 e. The van der Waals surface area contributed by atoms with E-state index in [4.69, 9.17) is 6.42 Å². The molecule has 0 atom stereocenters. The third kappa shape index (κ3) is 4.05. The standard InChI is InChI=1S/C13H15NO2/c1-3-11-6-4-7-12(10-11)14-9-5-8-13(15)16-2/h1,4,6-7,10,14H,5,8-9H2,2H3. The van der Waals surface area contributed by atoms with Gasteiger partial charge in [-0.05, 0) is 24.6 Å². The normalized spacial score (nSPS) is 9.25. The quantitative estimate of drug-likeness (QED) is 0.466. The van der Waals surface area contributed by atoms with Crippen molar-refractivity contribution in [1.29, 1.82) is 0 Å². The average molecular weight is 217 g/mol. The van der Waals surface area contributed by atoms with Crippen molar-refractivity contribution in [2.75, 3.05) is 19.0 Å². The third-order valence-corrected chi connectivity index (χ3v) is 2.14. The van der Waals surface area contributed by atoms with Crippen LogP contribution in [0.25, 0.3) is 0 Å². The lowest BCUT2D eigenvalue weighted by Crippen LogP contribution is -2.06. The van der Waals surface area contributed by atoms with E-state index in [0.717, 1.165) is 24.2 Å². The fraction of sp³-hybridized carbons (Fsp3) is 0.308. The summed E-state index contributed by atoms with van der Waals surface area (Å²) in [5.74, 6) is 2.39. The molecule has 0 bridgehead atoms. The van der Waals surface area contributed by atoms with Gasteiger partial charge in [-0.1, -0.05) is 12.0 Å². The van der Waals surface area contributed by atoms with Gasteiger partial charge < -0.3 is 10.1 Å². The summed E-state index contributed by atoms with van der Waals surface area (Å²) in [7, 11) is 1.39. The molecule has 0 saturated carbocycles. The van der Waals surface area contributed by atoms with Gasteiger partial charge in [0.05, 0.1) is 7.11 Å². The maximum Gasteiger partial charge on any atom is 0.305 e. The minimum absolute atomic E-state index is 0.181. The maximum atomic E-state index is 10.8. The molecule has 0 heterocycles. The highest BCUT2D eigenvalue weighted by atomic mass is 16.5. The molecule has 0 spiro atoms. The summed E-state index contributed by atoms with van der Waals surface area (Å²) in [5.41, 5.74) is 1.82. The van der Waals surface area contributed by atoms with Crippen LogP contribution in [0, 0.1) is 12.3 Å². The fourth-order valence-electron chi connectivity index (χ4n) is 1.29. The van der Waals surface area contributed by atoms with E-state index in [1.165, 1.54) is 7.11 Å². The van der Waals surface area contributed by atoms with Gasteiger partial charge in [-0.3, -0.25) is 4.79 Å². The number of hydrogen-bond acceptors (Lipinski definition) is 3. The summed E-state index contributed by atoms with van der Waals surface area (Å²) < 4.78 is 4.55. The molecule has 0 fully saturated rings. The molecule has 0 saturated heterocycles. The predicted octanol–water partition coefficient (Wildman–Crippen LogP) is 2.03. The summed E-state index contributed by atoms with van der Waals surface area (Å²) in [6.45, 7) is 0.725. The molecule has 0 aliphatic rings. The highest BCUT2D eigenvalue weighted by molar-refractivity contribution is 5.69. The lowest BCUT2D eigenvalue weighted by Gasteiger charge is -2.05. The molecule has 0 aromatic heterocycles. The SMILES string of the molecule is C#Cc1cccc(NCCCC(=O)OC)c1. The van der Waals surface area contributed by atoms with E-state index in [0.29, 0.717) is 6.42 Å². The van der Waals surface area contributed by atoms with E-state index in [2.05, 4.69) is 16.0 Å². The van der Waals surface area contributed by atoms with Crippen molar-refractivity contribution in [3.63, 3.8) is 0 Å². The van der Waals surface area contributed by atoms with Gasteiger partial charge in [0.15, 0.2) is 0 Å². The Hall–Kier alpha value is -1.95. The smallest absolute Gasteiger partial charge is 0.305 e. The molecule has 1 aromatic rings. The summed E-state index contributed by atoms with van der Waals surface area (Å²) in [6.07, 6.45) is 6.46. The Kier molecular flexibility index (Phi) is 4.94. The average Bonchev–Trinajstić information content (AvgIpc) is 2.34. The number of terminal acetylenes is 1. The van der Waals surface area contributed by atoms with Gasteiger partial charge in [-0.25, -0.2) is 0 Å². The summed E-state index contributed by atoms with van der Waals surface area (Å²) in [6, 6.07) is 7.62. The zero-order valence-electron chi connectivity index (χ0n) is 9.32. The fourth-order valence-corrected chi connectivity index (χ4v) is 1.29. The van der Waals surface area contributed by atoms with Crippen LogP contribution in [0.3, 0.4) is 0 Å². The van der Waals surface area contributed by atoms with E-state index >= 15 is 0 Å². The highest BCUT2D eigenvalue weighted by Gasteiger charge is 1.99. The first kappa shape index (κ1) is 12.1. The topological polar surface area (TPSA) is 38.3 Å². The van der Waals surface area contributed by atoms with Crippen molar-refractivity contribution in [1.82, 2.24) is 0 Å². The van der Waals surface area contributed by atoms with Crippen LogP contribution in [0.5, 0.6) is 0 Å². The lowest BCUT2D eigenvalue weighted by atomic mass is 10.2. The molecular formula is C13H15NO2. The number of ether oxygens (including phenoxy) is 1. The molecule has 1 aromatic carbocycles. The second kappa shape index (κ2) is 6.52. The van der Waals surface area contributed by atoms with Crippen LogP contribution in [0.2, 0.25) is 0 Å². The number of hydrogen-bond donors (Lipinski definition) is 1. The number of esters is 1. The first-order chi connectivity index (χ1) is 7.76. The van der Waals surface area contributed by atoms with Crippen LogP contribution in [0.15, 0.2) is 24.3 Å². The third-order valence-electron chi connectivity index (χ3n) is 2.14. The number of methoxy groups -OCH3 is 1. The van der Waals surface area contributed by atoms with E-state index in [9.17, 15) is 4.79 Å². The lowest BCUT2D eigenvalue weighted by molar-refractivity contribution is -0.140. The molecule has 1 rings (SSSR count). The molecule has 3 nitrogen and oxygen atoms in total. The Balaban J connectivity index is 2.32. The minimum atomic E-state index is -0.181. The van der Waals surface area contributed by atoms with Gasteiger partial charge in [0.25, 0.3) is 0 Å². The molecule has 0 amide bonds. The summed E-state index contributed by atoms with van der Waals surface area (Å²) in [5, 5.41) is 3.20. The Bertz CT molecular complexity index is 393. The zero-order valence-corrected chi connectivity index (χ0v) is 9.32. The van der Waals surface area contributed by atoms with Crippen LogP contribution in [0.1, 0.15) is 18.4 Å². The molecule has 84 valence electrons. The van der Waals surface area contributed by atoms with Gasteiger partial charge >= 0.3 is 5.97 Å². The number of nitrogens with one attached hydrogen (secondary N) is 1. The van der Waals surface area contributed by atoms with Crippen molar-refractivity contribution >= 4 is 11.7 Å². The van der Waals surface area contributed by atoms with E-state index in [1.807, 2.05) is 24.3 Å². The van der Waals surface area contributed by atoms with Crippen molar-refractivity contribution in [3.05, 3.63) is 29.8 Å². The van der Waals surface area contributed by atoms with Crippen LogP contribution >= 0.6 is 0 Å². The first-order valence-corrected chi connectivity index (χ1v) is 5.13. The Morgan fingerprint density at radius 3 is 3.06 bits per heavy atom. The van der Waals surface area contributed by atoms with Gasteiger partial charge in [-0.2, -0.15) is 0 Å². The van der Waals surface area contributed by atoms with Crippen molar-refractivity contribution in [2.45, 2.75) is 12.8 Å². The number of benzene rings is 1.